The molecule has 3 aromatic heterocycles. The van der Waals surface area contributed by atoms with E-state index < -0.39 is 0 Å². The minimum Gasteiger partial charge on any atom is -0.381 e. The molecule has 1 saturated heterocycles. The van der Waals surface area contributed by atoms with Gasteiger partial charge in [0.2, 0.25) is 5.95 Å². The van der Waals surface area contributed by atoms with E-state index in [-0.39, 0.29) is 0 Å². The van der Waals surface area contributed by atoms with Gasteiger partial charge in [-0.25, -0.2) is 15.0 Å². The SMILES string of the molecule is COC1CCN(c2nccc(Nc3cc4c(cn3)nc(C)n4C)n2)CC1. The van der Waals surface area contributed by atoms with Crippen LogP contribution in [0.1, 0.15) is 18.7 Å². The lowest BCUT2D eigenvalue weighted by Gasteiger charge is -2.31. The van der Waals surface area contributed by atoms with E-state index in [0.717, 1.165) is 60.4 Å². The molecule has 0 atom stereocenters. The molecule has 136 valence electrons. The molecule has 8 nitrogen and oxygen atoms in total. The molecule has 26 heavy (non-hydrogen) atoms. The number of aryl methyl sites for hydroxylation is 2. The predicted octanol–water partition coefficient (Wildman–Crippen LogP) is 2.43. The molecule has 0 aromatic carbocycles. The van der Waals surface area contributed by atoms with E-state index in [0.29, 0.717) is 6.10 Å². The fourth-order valence-corrected chi connectivity index (χ4v) is 3.28. The summed E-state index contributed by atoms with van der Waals surface area (Å²) in [6.45, 7) is 3.79. The molecule has 0 aliphatic carbocycles. The third kappa shape index (κ3) is 3.20. The summed E-state index contributed by atoms with van der Waals surface area (Å²) < 4.78 is 7.48. The lowest BCUT2D eigenvalue weighted by atomic mass is 10.1. The zero-order valence-corrected chi connectivity index (χ0v) is 15.3. The van der Waals surface area contributed by atoms with Crippen molar-refractivity contribution in [2.45, 2.75) is 25.9 Å². The molecule has 0 saturated carbocycles. The summed E-state index contributed by atoms with van der Waals surface area (Å²) in [5.74, 6) is 3.17. The highest BCUT2D eigenvalue weighted by Crippen LogP contribution is 2.22. The first kappa shape index (κ1) is 16.7. The Balaban J connectivity index is 1.53. The van der Waals surface area contributed by atoms with Crippen LogP contribution in [-0.2, 0) is 11.8 Å². The van der Waals surface area contributed by atoms with Crippen LogP contribution in [0, 0.1) is 6.92 Å². The van der Waals surface area contributed by atoms with Gasteiger partial charge in [0.1, 0.15) is 23.0 Å². The van der Waals surface area contributed by atoms with E-state index in [4.69, 9.17) is 4.74 Å². The number of rotatable bonds is 4. The van der Waals surface area contributed by atoms with Crippen LogP contribution in [-0.4, -0.2) is 50.8 Å². The van der Waals surface area contributed by atoms with Crippen molar-refractivity contribution in [2.24, 2.45) is 7.05 Å². The lowest BCUT2D eigenvalue weighted by Crippen LogP contribution is -2.37. The Morgan fingerprint density at radius 2 is 1.96 bits per heavy atom. The number of imidazole rings is 1. The van der Waals surface area contributed by atoms with Crippen LogP contribution >= 0.6 is 0 Å². The van der Waals surface area contributed by atoms with Crippen molar-refractivity contribution in [1.82, 2.24) is 24.5 Å². The molecular formula is C18H23N7O. The van der Waals surface area contributed by atoms with Gasteiger partial charge in [0.25, 0.3) is 0 Å². The van der Waals surface area contributed by atoms with Crippen molar-refractivity contribution in [3.05, 3.63) is 30.4 Å². The van der Waals surface area contributed by atoms with Gasteiger partial charge in [-0.2, -0.15) is 4.98 Å². The van der Waals surface area contributed by atoms with Crippen LogP contribution in [0.25, 0.3) is 11.0 Å². The third-order valence-electron chi connectivity index (χ3n) is 4.95. The number of nitrogens with one attached hydrogen (secondary N) is 1. The maximum absolute atomic E-state index is 5.43. The minimum atomic E-state index is 0.339. The maximum atomic E-state index is 5.43. The molecule has 1 fully saturated rings. The first-order chi connectivity index (χ1) is 12.6. The summed E-state index contributed by atoms with van der Waals surface area (Å²) in [6.07, 6.45) is 5.89. The molecule has 0 bridgehead atoms. The number of ether oxygens (including phenoxy) is 1. The Morgan fingerprint density at radius 3 is 2.73 bits per heavy atom. The number of piperidine rings is 1. The Morgan fingerprint density at radius 1 is 1.15 bits per heavy atom. The summed E-state index contributed by atoms with van der Waals surface area (Å²) in [5.41, 5.74) is 1.93. The third-order valence-corrected chi connectivity index (χ3v) is 4.95. The number of hydrogen-bond acceptors (Lipinski definition) is 7. The molecule has 1 aliphatic rings. The van der Waals surface area contributed by atoms with E-state index in [1.807, 2.05) is 30.7 Å². The summed E-state index contributed by atoms with van der Waals surface area (Å²) in [6, 6.07) is 3.84. The maximum Gasteiger partial charge on any atom is 0.227 e. The second kappa shape index (κ2) is 6.87. The zero-order chi connectivity index (χ0) is 18.1. The molecule has 0 spiro atoms. The van der Waals surface area contributed by atoms with E-state index in [9.17, 15) is 0 Å². The second-order valence-electron chi connectivity index (χ2n) is 6.57. The van der Waals surface area contributed by atoms with Gasteiger partial charge in [0.05, 0.1) is 17.8 Å². The van der Waals surface area contributed by atoms with Crippen molar-refractivity contribution in [3.8, 4) is 0 Å². The number of pyridine rings is 1. The highest BCUT2D eigenvalue weighted by molar-refractivity contribution is 5.78. The fourth-order valence-electron chi connectivity index (χ4n) is 3.28. The van der Waals surface area contributed by atoms with E-state index in [2.05, 4.69) is 30.2 Å². The average Bonchev–Trinajstić information content (AvgIpc) is 2.96. The summed E-state index contributed by atoms with van der Waals surface area (Å²) in [7, 11) is 3.77. The Hall–Kier alpha value is -2.74. The summed E-state index contributed by atoms with van der Waals surface area (Å²) in [5, 5.41) is 3.28. The number of aromatic nitrogens is 5. The topological polar surface area (TPSA) is 81.0 Å². The number of nitrogens with zero attached hydrogens (tertiary/aromatic N) is 6. The molecule has 0 amide bonds. The molecule has 0 unspecified atom stereocenters. The molecule has 8 heteroatoms. The van der Waals surface area contributed by atoms with Crippen molar-refractivity contribution in [3.63, 3.8) is 0 Å². The summed E-state index contributed by atoms with van der Waals surface area (Å²) >= 11 is 0. The van der Waals surface area contributed by atoms with Gasteiger partial charge in [0, 0.05) is 39.5 Å². The van der Waals surface area contributed by atoms with Gasteiger partial charge in [-0.15, -0.1) is 0 Å². The van der Waals surface area contributed by atoms with Crippen LogP contribution in [0.5, 0.6) is 0 Å². The Bertz CT molecular complexity index is 915. The van der Waals surface area contributed by atoms with Crippen LogP contribution in [0.3, 0.4) is 0 Å². The van der Waals surface area contributed by atoms with Gasteiger partial charge < -0.3 is 19.5 Å². The highest BCUT2D eigenvalue weighted by atomic mass is 16.5. The molecular weight excluding hydrogens is 330 g/mol. The number of anilines is 3. The summed E-state index contributed by atoms with van der Waals surface area (Å²) in [4.78, 5) is 20.2. The molecule has 4 rings (SSSR count). The quantitative estimate of drug-likeness (QED) is 0.771. The van der Waals surface area contributed by atoms with Crippen LogP contribution < -0.4 is 10.2 Å². The van der Waals surface area contributed by atoms with Crippen LogP contribution in [0.4, 0.5) is 17.6 Å². The smallest absolute Gasteiger partial charge is 0.227 e. The van der Waals surface area contributed by atoms with E-state index >= 15 is 0 Å². The molecule has 4 heterocycles. The highest BCUT2D eigenvalue weighted by Gasteiger charge is 2.20. The van der Waals surface area contributed by atoms with Gasteiger partial charge in [-0.05, 0) is 25.8 Å². The van der Waals surface area contributed by atoms with Crippen molar-refractivity contribution < 1.29 is 4.74 Å². The lowest BCUT2D eigenvalue weighted by molar-refractivity contribution is 0.0816. The van der Waals surface area contributed by atoms with Gasteiger partial charge in [0.15, 0.2) is 0 Å². The zero-order valence-electron chi connectivity index (χ0n) is 15.3. The van der Waals surface area contributed by atoms with Crippen molar-refractivity contribution in [2.75, 3.05) is 30.4 Å². The standard InChI is InChI=1S/C18H23N7O/c1-12-21-14-11-20-17(10-15(14)24(12)2)22-16-4-7-19-18(23-16)25-8-5-13(26-3)6-9-25/h4,7,10-11,13H,5-6,8-9H2,1-3H3,(H,19,20,22,23). The van der Waals surface area contributed by atoms with Gasteiger partial charge in [-0.1, -0.05) is 0 Å². The van der Waals surface area contributed by atoms with Gasteiger partial charge >= 0.3 is 0 Å². The first-order valence-corrected chi connectivity index (χ1v) is 8.81. The second-order valence-corrected chi connectivity index (χ2v) is 6.57. The minimum absolute atomic E-state index is 0.339. The van der Waals surface area contributed by atoms with Crippen LogP contribution in [0.2, 0.25) is 0 Å². The average molecular weight is 353 g/mol. The number of fused-ring (bicyclic) bond motifs is 1. The fraction of sp³-hybridized carbons (Fsp3) is 0.444. The molecule has 1 N–H and O–H groups in total. The van der Waals surface area contributed by atoms with Gasteiger partial charge in [-0.3, -0.25) is 0 Å². The molecule has 1 aliphatic heterocycles. The monoisotopic (exact) mass is 353 g/mol. The molecule has 3 aromatic rings. The Kier molecular flexibility index (Phi) is 4.42. The largest absolute Gasteiger partial charge is 0.381 e. The first-order valence-electron chi connectivity index (χ1n) is 8.81. The Labute approximate surface area is 152 Å². The molecule has 0 radical (unpaired) electrons. The van der Waals surface area contributed by atoms with E-state index in [1.54, 1.807) is 19.5 Å². The normalized spacial score (nSPS) is 15.6. The van der Waals surface area contributed by atoms with E-state index in [1.165, 1.54) is 0 Å². The number of methoxy groups -OCH3 is 1. The van der Waals surface area contributed by atoms with Crippen molar-refractivity contribution >= 4 is 28.6 Å². The number of hydrogen-bond donors (Lipinski definition) is 1. The van der Waals surface area contributed by atoms with Crippen LogP contribution in [0.15, 0.2) is 24.5 Å². The van der Waals surface area contributed by atoms with Crippen molar-refractivity contribution in [1.29, 1.82) is 0 Å². The predicted molar refractivity (Wildman–Crippen MR) is 101 cm³/mol.